The molecule has 0 fully saturated rings. The number of benzene rings is 1. The highest BCUT2D eigenvalue weighted by Gasteiger charge is 2.09. The molecule has 1 aromatic rings. The van der Waals surface area contributed by atoms with Gasteiger partial charge in [0.2, 0.25) is 0 Å². The van der Waals surface area contributed by atoms with Gasteiger partial charge in [-0.25, -0.2) is 0 Å². The Hall–Kier alpha value is -1.78. The van der Waals surface area contributed by atoms with E-state index in [1.807, 2.05) is 6.07 Å². The van der Waals surface area contributed by atoms with E-state index in [1.54, 1.807) is 17.8 Å². The van der Waals surface area contributed by atoms with Crippen molar-refractivity contribution in [3.63, 3.8) is 0 Å². The van der Waals surface area contributed by atoms with Crippen molar-refractivity contribution in [2.24, 2.45) is 0 Å². The number of rotatable bonds is 8. The van der Waals surface area contributed by atoms with Crippen LogP contribution in [0.1, 0.15) is 12.0 Å². The fourth-order valence-electron chi connectivity index (χ4n) is 1.42. The monoisotopic (exact) mass is 281 g/mol. The predicted octanol–water partition coefficient (Wildman–Crippen LogP) is 1.99. The van der Waals surface area contributed by atoms with Gasteiger partial charge >= 0.3 is 0 Å². The number of nitrogens with zero attached hydrogens (tertiary/aromatic N) is 2. The van der Waals surface area contributed by atoms with Crippen molar-refractivity contribution in [1.82, 2.24) is 0 Å². The van der Waals surface area contributed by atoms with E-state index in [0.717, 1.165) is 17.9 Å². The lowest BCUT2D eigenvalue weighted by Crippen LogP contribution is -2.06. The van der Waals surface area contributed by atoms with Crippen LogP contribution in [0.15, 0.2) is 18.2 Å². The Balaban J connectivity index is 2.50. The van der Waals surface area contributed by atoms with Crippen molar-refractivity contribution < 1.29 is 10.0 Å². The first kappa shape index (κ1) is 15.3. The number of nitro benzene ring substituents is 1. The van der Waals surface area contributed by atoms with E-state index >= 15 is 0 Å². The molecule has 0 amide bonds. The van der Waals surface area contributed by atoms with E-state index < -0.39 is 4.92 Å². The third-order valence-electron chi connectivity index (χ3n) is 2.34. The molecule has 0 radical (unpaired) electrons. The second-order valence-electron chi connectivity index (χ2n) is 3.72. The number of anilines is 1. The molecule has 7 heteroatoms. The standard InChI is InChI=1S/C12H15N3O3S/c13-9-10-8-11(15(17)18)2-3-12(10)14-4-7-19-6-1-5-16/h2-3,8,14,16H,1,4-7H2. The van der Waals surface area contributed by atoms with Crippen molar-refractivity contribution in [2.45, 2.75) is 6.42 Å². The number of aliphatic hydroxyl groups is 1. The number of thioether (sulfide) groups is 1. The molecule has 0 saturated carbocycles. The Morgan fingerprint density at radius 3 is 2.89 bits per heavy atom. The lowest BCUT2D eigenvalue weighted by molar-refractivity contribution is -0.384. The summed E-state index contributed by atoms with van der Waals surface area (Å²) in [5, 5.41) is 31.2. The van der Waals surface area contributed by atoms with Gasteiger partial charge in [0.25, 0.3) is 5.69 Å². The second-order valence-corrected chi connectivity index (χ2v) is 4.94. The van der Waals surface area contributed by atoms with Crippen LogP contribution >= 0.6 is 11.8 Å². The van der Waals surface area contributed by atoms with Gasteiger partial charge in [-0.15, -0.1) is 0 Å². The van der Waals surface area contributed by atoms with Gasteiger partial charge in [0.05, 0.1) is 16.2 Å². The quantitative estimate of drug-likeness (QED) is 0.429. The fourth-order valence-corrected chi connectivity index (χ4v) is 2.20. The smallest absolute Gasteiger partial charge is 0.270 e. The molecule has 0 aliphatic heterocycles. The van der Waals surface area contributed by atoms with Crippen molar-refractivity contribution in [3.8, 4) is 6.07 Å². The molecular formula is C12H15N3O3S. The van der Waals surface area contributed by atoms with Crippen molar-refractivity contribution in [3.05, 3.63) is 33.9 Å². The number of nitro groups is 1. The molecule has 0 saturated heterocycles. The minimum absolute atomic E-state index is 0.0839. The van der Waals surface area contributed by atoms with Gasteiger partial charge in [0.15, 0.2) is 0 Å². The highest BCUT2D eigenvalue weighted by Crippen LogP contribution is 2.21. The lowest BCUT2D eigenvalue weighted by atomic mass is 10.1. The van der Waals surface area contributed by atoms with E-state index in [-0.39, 0.29) is 17.9 Å². The van der Waals surface area contributed by atoms with Crippen LogP contribution in [-0.2, 0) is 0 Å². The Bertz CT molecular complexity index is 474. The molecule has 2 N–H and O–H groups in total. The lowest BCUT2D eigenvalue weighted by Gasteiger charge is -2.07. The normalized spacial score (nSPS) is 9.89. The highest BCUT2D eigenvalue weighted by molar-refractivity contribution is 7.99. The van der Waals surface area contributed by atoms with Gasteiger partial charge in [0, 0.05) is 31.0 Å². The number of nitriles is 1. The molecule has 0 bridgehead atoms. The number of hydrogen-bond donors (Lipinski definition) is 2. The zero-order chi connectivity index (χ0) is 14.1. The Morgan fingerprint density at radius 2 is 2.26 bits per heavy atom. The van der Waals surface area contributed by atoms with Gasteiger partial charge in [-0.05, 0) is 18.2 Å². The van der Waals surface area contributed by atoms with Gasteiger partial charge in [-0.2, -0.15) is 17.0 Å². The highest BCUT2D eigenvalue weighted by atomic mass is 32.2. The molecule has 1 rings (SSSR count). The second kappa shape index (κ2) is 8.34. The summed E-state index contributed by atoms with van der Waals surface area (Å²) in [6.45, 7) is 0.865. The molecule has 1 aromatic carbocycles. The van der Waals surface area contributed by atoms with Crippen LogP contribution in [0.4, 0.5) is 11.4 Å². The van der Waals surface area contributed by atoms with Gasteiger partial charge < -0.3 is 10.4 Å². The summed E-state index contributed by atoms with van der Waals surface area (Å²) >= 11 is 1.70. The molecule has 6 nitrogen and oxygen atoms in total. The zero-order valence-electron chi connectivity index (χ0n) is 10.3. The van der Waals surface area contributed by atoms with Gasteiger partial charge in [0.1, 0.15) is 6.07 Å². The molecule has 0 heterocycles. The Morgan fingerprint density at radius 1 is 1.47 bits per heavy atom. The molecule has 0 atom stereocenters. The molecule has 102 valence electrons. The average Bonchev–Trinajstić information content (AvgIpc) is 2.42. The summed E-state index contributed by atoms with van der Waals surface area (Å²) in [6.07, 6.45) is 0.769. The van der Waals surface area contributed by atoms with Crippen LogP contribution in [0.2, 0.25) is 0 Å². The van der Waals surface area contributed by atoms with Crippen molar-refractivity contribution >= 4 is 23.1 Å². The summed E-state index contributed by atoms with van der Waals surface area (Å²) in [5.41, 5.74) is 0.796. The maximum Gasteiger partial charge on any atom is 0.270 e. The first-order valence-corrected chi connectivity index (χ1v) is 6.95. The summed E-state index contributed by atoms with van der Waals surface area (Å²) in [5.74, 6) is 1.74. The topological polar surface area (TPSA) is 99.2 Å². The molecule has 0 aliphatic rings. The summed E-state index contributed by atoms with van der Waals surface area (Å²) in [6, 6.07) is 6.14. The third-order valence-corrected chi connectivity index (χ3v) is 3.41. The van der Waals surface area contributed by atoms with Gasteiger partial charge in [-0.1, -0.05) is 0 Å². The van der Waals surface area contributed by atoms with E-state index in [1.165, 1.54) is 12.1 Å². The van der Waals surface area contributed by atoms with Crippen LogP contribution in [0.5, 0.6) is 0 Å². The van der Waals surface area contributed by atoms with Crippen LogP contribution in [0.25, 0.3) is 0 Å². The zero-order valence-corrected chi connectivity index (χ0v) is 11.2. The SMILES string of the molecule is N#Cc1cc([N+](=O)[O-])ccc1NCCSCCCO. The predicted molar refractivity (Wildman–Crippen MR) is 75.3 cm³/mol. The number of non-ortho nitro benzene ring substituents is 1. The van der Waals surface area contributed by atoms with Crippen LogP contribution in [0, 0.1) is 21.4 Å². The average molecular weight is 281 g/mol. The van der Waals surface area contributed by atoms with Crippen molar-refractivity contribution in [1.29, 1.82) is 5.26 Å². The van der Waals surface area contributed by atoms with E-state index in [0.29, 0.717) is 12.2 Å². The molecule has 0 aliphatic carbocycles. The summed E-state index contributed by atoms with van der Waals surface area (Å²) in [4.78, 5) is 10.1. The molecule has 0 aromatic heterocycles. The Kier molecular flexibility index (Phi) is 6.71. The number of nitrogens with one attached hydrogen (secondary N) is 1. The summed E-state index contributed by atoms with van der Waals surface area (Å²) in [7, 11) is 0. The first-order valence-electron chi connectivity index (χ1n) is 5.80. The molecule has 19 heavy (non-hydrogen) atoms. The fraction of sp³-hybridized carbons (Fsp3) is 0.417. The summed E-state index contributed by atoms with van der Waals surface area (Å²) < 4.78 is 0. The van der Waals surface area contributed by atoms with Crippen LogP contribution in [0.3, 0.4) is 0 Å². The van der Waals surface area contributed by atoms with E-state index in [2.05, 4.69) is 5.32 Å². The van der Waals surface area contributed by atoms with Gasteiger partial charge in [-0.3, -0.25) is 10.1 Å². The van der Waals surface area contributed by atoms with Crippen LogP contribution in [-0.4, -0.2) is 34.7 Å². The van der Waals surface area contributed by atoms with Crippen LogP contribution < -0.4 is 5.32 Å². The maximum absolute atomic E-state index is 10.6. The largest absolute Gasteiger partial charge is 0.396 e. The number of hydrogen-bond acceptors (Lipinski definition) is 6. The molecule has 0 unspecified atom stereocenters. The maximum atomic E-state index is 10.6. The third kappa shape index (κ3) is 5.16. The minimum Gasteiger partial charge on any atom is -0.396 e. The van der Waals surface area contributed by atoms with Crippen molar-refractivity contribution in [2.75, 3.05) is 30.0 Å². The number of aliphatic hydroxyl groups excluding tert-OH is 1. The molecule has 0 spiro atoms. The first-order chi connectivity index (χ1) is 9.19. The minimum atomic E-state index is -0.518. The van der Waals surface area contributed by atoms with E-state index in [4.69, 9.17) is 10.4 Å². The molecular weight excluding hydrogens is 266 g/mol. The Labute approximate surface area is 115 Å². The van der Waals surface area contributed by atoms with E-state index in [9.17, 15) is 10.1 Å².